The van der Waals surface area contributed by atoms with Crippen LogP contribution in [-0.2, 0) is 19.0 Å². The molecule has 0 unspecified atom stereocenters. The number of carbonyl (C=O) groups excluding carboxylic acids is 2. The molecule has 9 nitrogen and oxygen atoms in total. The lowest BCUT2D eigenvalue weighted by molar-refractivity contribution is -0.141. The summed E-state index contributed by atoms with van der Waals surface area (Å²) in [4.78, 5) is 24.0. The van der Waals surface area contributed by atoms with Crippen molar-refractivity contribution in [3.05, 3.63) is 59.7 Å². The van der Waals surface area contributed by atoms with Gasteiger partial charge in [0, 0.05) is 19.2 Å². The van der Waals surface area contributed by atoms with E-state index in [1.807, 2.05) is 6.07 Å². The largest absolute Gasteiger partial charge is 0.491 e. The highest BCUT2D eigenvalue weighted by molar-refractivity contribution is 7.81. The number of nitriles is 1. The molecule has 1 amide bonds. The van der Waals surface area contributed by atoms with Gasteiger partial charge in [0.1, 0.15) is 18.5 Å². The first-order chi connectivity index (χ1) is 16.0. The molecule has 176 valence electrons. The molecule has 2 N–H and O–H groups in total. The number of nitrogens with one attached hydrogen (secondary N) is 1. The van der Waals surface area contributed by atoms with Gasteiger partial charge in [0.05, 0.1) is 30.6 Å². The molecule has 2 rings (SSSR count). The van der Waals surface area contributed by atoms with Crippen LogP contribution in [0.5, 0.6) is 5.75 Å². The van der Waals surface area contributed by atoms with E-state index in [0.29, 0.717) is 22.6 Å². The lowest BCUT2D eigenvalue weighted by Crippen LogP contribution is -2.29. The van der Waals surface area contributed by atoms with Crippen LogP contribution in [0.1, 0.15) is 23.7 Å². The van der Waals surface area contributed by atoms with Crippen LogP contribution in [0.4, 0.5) is 10.5 Å². The van der Waals surface area contributed by atoms with Crippen molar-refractivity contribution in [1.29, 1.82) is 5.26 Å². The smallest absolute Gasteiger partial charge is 0.412 e. The summed E-state index contributed by atoms with van der Waals surface area (Å²) >= 11 is 3.87. The summed E-state index contributed by atoms with van der Waals surface area (Å²) in [5.41, 5.74) is 1.50. The van der Waals surface area contributed by atoms with E-state index >= 15 is 0 Å². The first-order valence-corrected chi connectivity index (χ1v) is 10.7. The van der Waals surface area contributed by atoms with Crippen molar-refractivity contribution in [3.63, 3.8) is 0 Å². The van der Waals surface area contributed by atoms with Gasteiger partial charge in [-0.1, -0.05) is 12.1 Å². The second-order valence-electron chi connectivity index (χ2n) is 6.73. The molecule has 0 saturated carbocycles. The third kappa shape index (κ3) is 8.65. The number of anilines is 1. The van der Waals surface area contributed by atoms with Gasteiger partial charge in [-0.15, -0.1) is 0 Å². The van der Waals surface area contributed by atoms with Gasteiger partial charge in [-0.2, -0.15) is 17.9 Å². The average Bonchev–Trinajstić information content (AvgIpc) is 2.84. The van der Waals surface area contributed by atoms with Crippen LogP contribution >= 0.6 is 12.6 Å². The Labute approximate surface area is 197 Å². The minimum Gasteiger partial charge on any atom is -0.491 e. The number of aliphatic hydroxyl groups is 1. The number of hydrogen-bond donors (Lipinski definition) is 3. The molecular weight excluding hydrogens is 448 g/mol. The summed E-state index contributed by atoms with van der Waals surface area (Å²) in [6.07, 6.45) is -1.98. The van der Waals surface area contributed by atoms with Gasteiger partial charge in [0.25, 0.3) is 0 Å². The Balaban J connectivity index is 2.20. The molecule has 10 heteroatoms. The lowest BCUT2D eigenvalue weighted by Gasteiger charge is -2.27. The monoisotopic (exact) mass is 474 g/mol. The number of methoxy groups -OCH3 is 1. The first-order valence-electron chi connectivity index (χ1n) is 10.1. The second kappa shape index (κ2) is 14.0. The van der Waals surface area contributed by atoms with Crippen LogP contribution < -0.4 is 10.1 Å². The van der Waals surface area contributed by atoms with Gasteiger partial charge in [-0.05, 0) is 42.0 Å². The maximum atomic E-state index is 12.6. The predicted octanol–water partition coefficient (Wildman–Crippen LogP) is 3.10. The van der Waals surface area contributed by atoms with Gasteiger partial charge in [-0.3, -0.25) is 10.1 Å². The Morgan fingerprint density at radius 3 is 2.58 bits per heavy atom. The Morgan fingerprint density at radius 2 is 1.94 bits per heavy atom. The van der Waals surface area contributed by atoms with Crippen molar-refractivity contribution in [1.82, 2.24) is 0 Å². The highest BCUT2D eigenvalue weighted by atomic mass is 32.1. The molecule has 0 spiro atoms. The van der Waals surface area contributed by atoms with Crippen molar-refractivity contribution >= 4 is 30.4 Å². The summed E-state index contributed by atoms with van der Waals surface area (Å²) in [6, 6.07) is 15.2. The van der Waals surface area contributed by atoms with Crippen LogP contribution in [0.15, 0.2) is 48.5 Å². The normalized spacial score (nSPS) is 12.2. The van der Waals surface area contributed by atoms with Crippen LogP contribution in [0.3, 0.4) is 0 Å². The fraction of sp³-hybridized carbons (Fsp3) is 0.348. The molecule has 0 aliphatic carbocycles. The second-order valence-corrected chi connectivity index (χ2v) is 7.04. The zero-order valence-electron chi connectivity index (χ0n) is 18.1. The van der Waals surface area contributed by atoms with Crippen molar-refractivity contribution < 1.29 is 33.6 Å². The molecule has 0 saturated heterocycles. The molecule has 2 atom stereocenters. The number of aliphatic hydroxyl groups excluding tert-OH is 1. The van der Waals surface area contributed by atoms with E-state index in [9.17, 15) is 9.59 Å². The average molecular weight is 475 g/mol. The number of nitrogens with zero attached hydrogens (tertiary/aromatic N) is 1. The van der Waals surface area contributed by atoms with E-state index in [1.54, 1.807) is 48.5 Å². The summed E-state index contributed by atoms with van der Waals surface area (Å²) in [6.45, 7) is 0.0194. The van der Waals surface area contributed by atoms with Gasteiger partial charge in [0.15, 0.2) is 6.10 Å². The Morgan fingerprint density at radius 1 is 1.18 bits per heavy atom. The number of hydrogen-bond acceptors (Lipinski definition) is 9. The highest BCUT2D eigenvalue weighted by Gasteiger charge is 2.28. The van der Waals surface area contributed by atoms with E-state index < -0.39 is 24.3 Å². The molecular formula is C23H26N2O7S. The molecule has 0 heterocycles. The van der Waals surface area contributed by atoms with Crippen molar-refractivity contribution in [2.45, 2.75) is 18.6 Å². The van der Waals surface area contributed by atoms with Gasteiger partial charge in [0.2, 0.25) is 0 Å². The zero-order valence-corrected chi connectivity index (χ0v) is 19.0. The number of esters is 1. The number of rotatable bonds is 12. The summed E-state index contributed by atoms with van der Waals surface area (Å²) in [7, 11) is 1.46. The zero-order chi connectivity index (χ0) is 24.1. The third-order valence-electron chi connectivity index (χ3n) is 4.48. The topological polar surface area (TPSA) is 127 Å². The quantitative estimate of drug-likeness (QED) is 0.316. The van der Waals surface area contributed by atoms with Gasteiger partial charge >= 0.3 is 12.1 Å². The van der Waals surface area contributed by atoms with E-state index in [-0.39, 0.29) is 32.0 Å². The van der Waals surface area contributed by atoms with Gasteiger partial charge < -0.3 is 24.1 Å². The molecule has 0 bridgehead atoms. The molecule has 2 aromatic carbocycles. The predicted molar refractivity (Wildman–Crippen MR) is 123 cm³/mol. The number of ether oxygens (including phenoxy) is 4. The van der Waals surface area contributed by atoms with E-state index in [2.05, 4.69) is 17.9 Å². The van der Waals surface area contributed by atoms with Crippen LogP contribution in [0, 0.1) is 11.3 Å². The Bertz CT molecular complexity index is 947. The van der Waals surface area contributed by atoms with E-state index in [1.165, 1.54) is 7.11 Å². The summed E-state index contributed by atoms with van der Waals surface area (Å²) < 4.78 is 21.8. The van der Waals surface area contributed by atoms with Crippen molar-refractivity contribution in [2.75, 3.05) is 38.0 Å². The summed E-state index contributed by atoms with van der Waals surface area (Å²) in [5.74, 6) is -0.0305. The van der Waals surface area contributed by atoms with E-state index in [0.717, 1.165) is 0 Å². The molecule has 33 heavy (non-hydrogen) atoms. The minimum absolute atomic E-state index is 0.0468. The molecule has 0 radical (unpaired) electrons. The Hall–Kier alpha value is -3.26. The third-order valence-corrected chi connectivity index (χ3v) is 4.73. The maximum absolute atomic E-state index is 12.6. The fourth-order valence-corrected chi connectivity index (χ4v) is 3.01. The van der Waals surface area contributed by atoms with E-state index in [4.69, 9.17) is 29.3 Å². The van der Waals surface area contributed by atoms with Crippen molar-refractivity contribution in [2.24, 2.45) is 0 Å². The molecule has 0 aromatic heterocycles. The van der Waals surface area contributed by atoms with Crippen molar-refractivity contribution in [3.8, 4) is 11.8 Å². The maximum Gasteiger partial charge on any atom is 0.412 e. The van der Waals surface area contributed by atoms with Crippen LogP contribution in [-0.4, -0.2) is 56.0 Å². The first kappa shape index (κ1) is 26.0. The molecule has 2 aromatic rings. The SMILES string of the molecule is CO[C@H](CCOC(=O)CS)[C@H](OC(=O)Nc1ccc(C#N)cc1)c1cccc(OCCO)c1. The van der Waals surface area contributed by atoms with Crippen LogP contribution in [0.25, 0.3) is 0 Å². The highest BCUT2D eigenvalue weighted by Crippen LogP contribution is 2.29. The molecule has 0 fully saturated rings. The Kier molecular flexibility index (Phi) is 11.0. The molecule has 0 aliphatic rings. The standard InChI is InChI=1S/C23H26N2O7S/c1-29-20(9-11-31-21(27)15-33)22(17-3-2-4-19(13-17)30-12-10-26)32-23(28)25-18-7-5-16(14-24)6-8-18/h2-8,13,20,22,26,33H,9-12,15H2,1H3,(H,25,28)/t20-,22-/m1/s1. The molecule has 0 aliphatic heterocycles. The number of carbonyl (C=O) groups is 2. The number of benzene rings is 2. The fourth-order valence-electron chi connectivity index (χ4n) is 2.92. The minimum atomic E-state index is -0.860. The number of thiol groups is 1. The van der Waals surface area contributed by atoms with Crippen LogP contribution in [0.2, 0.25) is 0 Å². The van der Waals surface area contributed by atoms with Gasteiger partial charge in [-0.25, -0.2) is 4.79 Å². The lowest BCUT2D eigenvalue weighted by atomic mass is 10.0. The number of amides is 1. The summed E-state index contributed by atoms with van der Waals surface area (Å²) in [5, 5.41) is 20.5.